The van der Waals surface area contributed by atoms with E-state index in [1.54, 1.807) is 32.3 Å². The minimum Gasteiger partial charge on any atom is -0.477 e. The second-order valence-corrected chi connectivity index (χ2v) is 8.25. The van der Waals surface area contributed by atoms with Crippen molar-refractivity contribution < 1.29 is 19.4 Å². The molecule has 1 amide bonds. The van der Waals surface area contributed by atoms with E-state index < -0.39 is 17.7 Å². The van der Waals surface area contributed by atoms with Gasteiger partial charge in [-0.15, -0.1) is 0 Å². The van der Waals surface area contributed by atoms with Crippen LogP contribution in [0.4, 0.5) is 10.6 Å². The van der Waals surface area contributed by atoms with Crippen LogP contribution < -0.4 is 5.32 Å². The molecule has 0 radical (unpaired) electrons. The molecule has 0 aliphatic carbocycles. The van der Waals surface area contributed by atoms with E-state index in [0.29, 0.717) is 17.8 Å². The van der Waals surface area contributed by atoms with Crippen LogP contribution >= 0.6 is 11.6 Å². The molecule has 1 aromatic heterocycles. The van der Waals surface area contributed by atoms with Gasteiger partial charge in [-0.1, -0.05) is 13.8 Å². The van der Waals surface area contributed by atoms with E-state index >= 15 is 0 Å². The number of hydrogen-bond donors (Lipinski definition) is 2. The first kappa shape index (κ1) is 23.7. The number of hydrogen-bond acceptors (Lipinski definition) is 4. The fourth-order valence-electron chi connectivity index (χ4n) is 2.78. The summed E-state index contributed by atoms with van der Waals surface area (Å²) in [5.41, 5.74) is 0.0543. The summed E-state index contributed by atoms with van der Waals surface area (Å²) in [5, 5.41) is 12.3. The number of nitrogens with zero attached hydrogens (tertiary/aromatic N) is 3. The van der Waals surface area contributed by atoms with Crippen molar-refractivity contribution in [3.05, 3.63) is 17.3 Å². The molecule has 0 aliphatic rings. The molecule has 0 spiro atoms. The molecule has 8 nitrogen and oxygen atoms in total. The Labute approximate surface area is 170 Å². The Hall–Kier alpha value is -2.35. The Morgan fingerprint density at radius 2 is 2.00 bits per heavy atom. The Morgan fingerprint density at radius 1 is 1.39 bits per heavy atom. The van der Waals surface area contributed by atoms with E-state index in [9.17, 15) is 14.7 Å². The molecule has 2 N–H and O–H groups in total. The topological polar surface area (TPSA) is 105 Å². The van der Waals surface area contributed by atoms with Gasteiger partial charge in [0.05, 0.1) is 6.04 Å². The van der Waals surface area contributed by atoms with Gasteiger partial charge in [-0.25, -0.2) is 19.6 Å². The van der Waals surface area contributed by atoms with Gasteiger partial charge in [-0.05, 0) is 70.0 Å². The zero-order valence-electron chi connectivity index (χ0n) is 17.2. The van der Waals surface area contributed by atoms with Crippen molar-refractivity contribution in [1.29, 1.82) is 0 Å². The van der Waals surface area contributed by atoms with E-state index in [0.717, 1.165) is 0 Å². The highest BCUT2D eigenvalue weighted by Gasteiger charge is 2.26. The maximum absolute atomic E-state index is 12.1. The van der Waals surface area contributed by atoms with E-state index in [2.05, 4.69) is 22.0 Å². The molecule has 1 aromatic rings. The Kier molecular flexibility index (Phi) is 8.23. The minimum atomic E-state index is -1.10. The zero-order valence-corrected chi connectivity index (χ0v) is 18.0. The molecular formula is C19H29ClN4O4. The second-order valence-electron chi connectivity index (χ2n) is 7.92. The van der Waals surface area contributed by atoms with Crippen LogP contribution in [0.2, 0.25) is 0 Å². The van der Waals surface area contributed by atoms with Gasteiger partial charge in [0.1, 0.15) is 17.1 Å². The number of nitrogens with one attached hydrogen (secondary N) is 1. The first-order valence-electron chi connectivity index (χ1n) is 8.98. The number of carbonyl (C=O) groups excluding carboxylic acids is 1. The predicted molar refractivity (Wildman–Crippen MR) is 111 cm³/mol. The largest absolute Gasteiger partial charge is 0.477 e. The number of halogens is 1. The van der Waals surface area contributed by atoms with E-state index in [-0.39, 0.29) is 29.5 Å². The first-order valence-corrected chi connectivity index (χ1v) is 9.36. The minimum absolute atomic E-state index is 0.0569. The van der Waals surface area contributed by atoms with Crippen molar-refractivity contribution in [2.75, 3.05) is 6.54 Å². The molecule has 9 heteroatoms. The predicted octanol–water partition coefficient (Wildman–Crippen LogP) is 4.53. The van der Waals surface area contributed by atoms with Crippen LogP contribution in [0.3, 0.4) is 0 Å². The Balaban J connectivity index is 3.34. The molecule has 0 bridgehead atoms. The number of carboxylic acids is 1. The Morgan fingerprint density at radius 3 is 2.46 bits per heavy atom. The molecule has 0 saturated heterocycles. The van der Waals surface area contributed by atoms with Gasteiger partial charge in [-0.2, -0.15) is 0 Å². The average molecular weight is 413 g/mol. The molecule has 0 unspecified atom stereocenters. The van der Waals surface area contributed by atoms with Gasteiger partial charge in [0.15, 0.2) is 0 Å². The fourth-order valence-corrected chi connectivity index (χ4v) is 2.86. The smallest absolute Gasteiger partial charge is 0.407 e. The second kappa shape index (κ2) is 9.73. The number of alkyl carbamates (subject to hydrolysis) is 1. The third-order valence-corrected chi connectivity index (χ3v) is 3.93. The monoisotopic (exact) mass is 412 g/mol. The summed E-state index contributed by atoms with van der Waals surface area (Å²) in [7, 11) is 0. The average Bonchev–Trinajstić information content (AvgIpc) is 2.86. The van der Waals surface area contributed by atoms with Gasteiger partial charge in [0.2, 0.25) is 5.29 Å². The lowest BCUT2D eigenvalue weighted by atomic mass is 10.0. The maximum Gasteiger partial charge on any atom is 0.407 e. The highest BCUT2D eigenvalue weighted by Crippen LogP contribution is 2.32. The zero-order chi connectivity index (χ0) is 21.6. The molecule has 1 atom stereocenters. The van der Waals surface area contributed by atoms with Crippen molar-refractivity contribution in [1.82, 2.24) is 9.88 Å². The van der Waals surface area contributed by atoms with Crippen LogP contribution in [0.1, 0.15) is 63.1 Å². The van der Waals surface area contributed by atoms with Crippen LogP contribution in [-0.4, -0.2) is 45.9 Å². The van der Waals surface area contributed by atoms with Crippen LogP contribution in [0.15, 0.2) is 16.1 Å². The quantitative estimate of drug-likeness (QED) is 0.389. The first-order chi connectivity index (χ1) is 12.9. The maximum atomic E-state index is 12.1. The SMILES string of the molecule is C=NC(Cl)=Nc1c(C)cc(C(=O)O)n1[C@H](CNC(=O)OC(C)(C)C)CC(C)C. The number of aliphatic imine (C=N–C) groups is 2. The number of ether oxygens (including phenoxy) is 1. The van der Waals surface area contributed by atoms with Crippen LogP contribution in [0, 0.1) is 12.8 Å². The summed E-state index contributed by atoms with van der Waals surface area (Å²) >= 11 is 5.91. The van der Waals surface area contributed by atoms with Gasteiger partial charge in [-0.3, -0.25) is 0 Å². The van der Waals surface area contributed by atoms with Gasteiger partial charge < -0.3 is 19.7 Å². The summed E-state index contributed by atoms with van der Waals surface area (Å²) in [5.74, 6) is -0.496. The number of carbonyl (C=O) groups is 2. The number of aryl methyl sites for hydroxylation is 1. The number of carboxylic acid groups (broad SMARTS) is 1. The molecule has 0 aliphatic heterocycles. The number of aromatic nitrogens is 1. The number of amides is 1. The molecule has 156 valence electrons. The number of rotatable bonds is 7. The highest BCUT2D eigenvalue weighted by molar-refractivity contribution is 6.65. The summed E-state index contributed by atoms with van der Waals surface area (Å²) in [6, 6.07) is 1.15. The summed E-state index contributed by atoms with van der Waals surface area (Å²) in [6.45, 7) is 14.6. The summed E-state index contributed by atoms with van der Waals surface area (Å²) in [6.07, 6.45) is 0.0316. The molecular weight excluding hydrogens is 384 g/mol. The fraction of sp³-hybridized carbons (Fsp3) is 0.579. The van der Waals surface area contributed by atoms with Crippen LogP contribution in [0.5, 0.6) is 0 Å². The van der Waals surface area contributed by atoms with E-state index in [1.165, 1.54) is 6.07 Å². The third kappa shape index (κ3) is 6.99. The van der Waals surface area contributed by atoms with E-state index in [1.807, 2.05) is 13.8 Å². The summed E-state index contributed by atoms with van der Waals surface area (Å²) in [4.78, 5) is 31.7. The van der Waals surface area contributed by atoms with Crippen molar-refractivity contribution in [2.24, 2.45) is 15.9 Å². The molecule has 28 heavy (non-hydrogen) atoms. The van der Waals surface area contributed by atoms with Crippen LogP contribution in [-0.2, 0) is 4.74 Å². The third-order valence-electron chi connectivity index (χ3n) is 3.73. The molecule has 0 saturated carbocycles. The molecule has 0 fully saturated rings. The number of amidine groups is 1. The standard InChI is InChI=1S/C19H29ClN4O4/c1-11(2)8-13(10-22-18(27)28-19(4,5)6)24-14(16(25)26)9-12(3)15(24)23-17(20)21-7/h9,11,13H,7-8,10H2,1-6H3,(H,22,27)(H,25,26)/t13-/m0/s1. The van der Waals surface area contributed by atoms with Crippen LogP contribution in [0.25, 0.3) is 0 Å². The van der Waals surface area contributed by atoms with Gasteiger partial charge in [0, 0.05) is 6.54 Å². The lowest BCUT2D eigenvalue weighted by molar-refractivity contribution is 0.0518. The van der Waals surface area contributed by atoms with Crippen molar-refractivity contribution in [2.45, 2.75) is 59.6 Å². The lowest BCUT2D eigenvalue weighted by Gasteiger charge is -2.26. The highest BCUT2D eigenvalue weighted by atomic mass is 35.5. The van der Waals surface area contributed by atoms with Crippen molar-refractivity contribution in [3.8, 4) is 0 Å². The molecule has 0 aromatic carbocycles. The summed E-state index contributed by atoms with van der Waals surface area (Å²) < 4.78 is 6.85. The van der Waals surface area contributed by atoms with Crippen molar-refractivity contribution in [3.63, 3.8) is 0 Å². The lowest BCUT2D eigenvalue weighted by Crippen LogP contribution is -2.36. The van der Waals surface area contributed by atoms with Gasteiger partial charge >= 0.3 is 12.1 Å². The van der Waals surface area contributed by atoms with Gasteiger partial charge in [0.25, 0.3) is 0 Å². The molecule has 1 heterocycles. The van der Waals surface area contributed by atoms with E-state index in [4.69, 9.17) is 16.3 Å². The van der Waals surface area contributed by atoms with Crippen molar-refractivity contribution >= 4 is 41.5 Å². The Bertz CT molecular complexity index is 763. The normalized spacial score (nSPS) is 13.4. The molecule has 1 rings (SSSR count). The number of aromatic carboxylic acids is 1.